The molecule has 0 heterocycles. The molecule has 0 bridgehead atoms. The number of carbonyl (C=O) groups excluding carboxylic acids is 1. The Morgan fingerprint density at radius 1 is 1.28 bits per heavy atom. The van der Waals surface area contributed by atoms with Gasteiger partial charge in [0.15, 0.2) is 6.04 Å². The Morgan fingerprint density at radius 3 is 2.20 bits per heavy atom. The molecule has 0 spiro atoms. The molecule has 25 heavy (non-hydrogen) atoms. The summed E-state index contributed by atoms with van der Waals surface area (Å²) in [4.78, 5) is 13.1. The average molecular weight is 420 g/mol. The van der Waals surface area contributed by atoms with E-state index in [-0.39, 0.29) is 17.4 Å². The number of benzene rings is 1. The molecule has 138 valence electrons. The van der Waals surface area contributed by atoms with Gasteiger partial charge in [-0.2, -0.15) is 18.4 Å². The second kappa shape index (κ2) is 8.19. The first-order valence-corrected chi connectivity index (χ1v) is 8.41. The zero-order valence-corrected chi connectivity index (χ0v) is 15.9. The highest BCUT2D eigenvalue weighted by molar-refractivity contribution is 9.10. The molecule has 0 saturated heterocycles. The van der Waals surface area contributed by atoms with E-state index in [1.807, 2.05) is 20.8 Å². The molecule has 2 N–H and O–H groups in total. The smallest absolute Gasteiger partial charge is 0.320 e. The third-order valence-electron chi connectivity index (χ3n) is 3.48. The Hall–Kier alpha value is -1.59. The summed E-state index contributed by atoms with van der Waals surface area (Å²) in [5.74, 6) is -0.887. The summed E-state index contributed by atoms with van der Waals surface area (Å²) in [6.07, 6.45) is -4.53. The summed E-state index contributed by atoms with van der Waals surface area (Å²) < 4.78 is 41.7. The van der Waals surface area contributed by atoms with E-state index in [0.29, 0.717) is 9.37 Å². The van der Waals surface area contributed by atoms with Crippen molar-refractivity contribution < 1.29 is 18.0 Å². The van der Waals surface area contributed by atoms with Gasteiger partial charge in [-0.15, -0.1) is 0 Å². The Labute approximate surface area is 153 Å². The first-order chi connectivity index (χ1) is 11.4. The molecule has 2 atom stereocenters. The third kappa shape index (κ3) is 6.33. The van der Waals surface area contributed by atoms with Crippen LogP contribution in [0.4, 0.5) is 13.2 Å². The lowest BCUT2D eigenvalue weighted by molar-refractivity contribution is -0.191. The number of hydrogen-bond acceptors (Lipinski definition) is 3. The first-order valence-electron chi connectivity index (χ1n) is 7.62. The molecule has 8 heteroatoms. The Balaban J connectivity index is 3.27. The van der Waals surface area contributed by atoms with E-state index in [1.165, 1.54) is 24.3 Å². The highest BCUT2D eigenvalue weighted by Gasteiger charge is 2.47. The zero-order chi connectivity index (χ0) is 19.4. The van der Waals surface area contributed by atoms with Crippen LogP contribution in [0.5, 0.6) is 0 Å². The van der Waals surface area contributed by atoms with Crippen LogP contribution in [0.3, 0.4) is 0 Å². The van der Waals surface area contributed by atoms with Gasteiger partial charge < -0.3 is 10.6 Å². The van der Waals surface area contributed by atoms with Gasteiger partial charge in [0.2, 0.25) is 5.91 Å². The number of hydrogen-bond donors (Lipinski definition) is 1. The predicted octanol–water partition coefficient (Wildman–Crippen LogP) is 4.17. The Morgan fingerprint density at radius 2 is 1.80 bits per heavy atom. The maximum Gasteiger partial charge on any atom is 0.413 e. The number of rotatable bonds is 5. The SMILES string of the molecule is CC(C)(C)C[C@H](N)C(=O)N(CC#N)[C@@H](c1ccc(Br)cc1)C(F)(F)F. The maximum atomic E-state index is 13.7. The van der Waals surface area contributed by atoms with Crippen molar-refractivity contribution in [1.82, 2.24) is 4.90 Å². The monoisotopic (exact) mass is 419 g/mol. The molecule has 0 saturated carbocycles. The number of nitrogens with two attached hydrogens (primary N) is 1. The van der Waals surface area contributed by atoms with Gasteiger partial charge >= 0.3 is 6.18 Å². The van der Waals surface area contributed by atoms with Crippen molar-refractivity contribution in [1.29, 1.82) is 5.26 Å². The van der Waals surface area contributed by atoms with Crippen LogP contribution in [-0.4, -0.2) is 29.6 Å². The summed E-state index contributed by atoms with van der Waals surface area (Å²) >= 11 is 3.16. The minimum absolute atomic E-state index is 0.123. The fourth-order valence-electron chi connectivity index (χ4n) is 2.52. The van der Waals surface area contributed by atoms with Crippen molar-refractivity contribution >= 4 is 21.8 Å². The van der Waals surface area contributed by atoms with Crippen molar-refractivity contribution in [2.45, 2.75) is 45.5 Å². The fourth-order valence-corrected chi connectivity index (χ4v) is 2.79. The van der Waals surface area contributed by atoms with E-state index < -0.39 is 30.7 Å². The molecular weight excluding hydrogens is 399 g/mol. The van der Waals surface area contributed by atoms with Gasteiger partial charge in [-0.1, -0.05) is 48.8 Å². The fraction of sp³-hybridized carbons (Fsp3) is 0.529. The molecule has 1 aromatic rings. The normalized spacial score (nSPS) is 14.5. The number of nitrogens with zero attached hydrogens (tertiary/aromatic N) is 2. The standard InChI is InChI=1S/C17H21BrF3N3O/c1-16(2,3)10-13(23)15(25)24(9-8-22)14(17(19,20)21)11-4-6-12(18)7-5-11/h4-7,13-14H,9-10,23H2,1-3H3/t13-,14-/m0/s1. The lowest BCUT2D eigenvalue weighted by Crippen LogP contribution is -2.50. The number of nitriles is 1. The van der Waals surface area contributed by atoms with Gasteiger partial charge in [-0.25, -0.2) is 0 Å². The summed E-state index contributed by atoms with van der Waals surface area (Å²) in [6.45, 7) is 4.82. The summed E-state index contributed by atoms with van der Waals surface area (Å²) in [5, 5.41) is 8.95. The summed E-state index contributed by atoms with van der Waals surface area (Å²) in [5.41, 5.74) is 5.38. The Bertz CT molecular complexity index is 633. The van der Waals surface area contributed by atoms with Gasteiger partial charge in [0.1, 0.15) is 6.54 Å². The predicted molar refractivity (Wildman–Crippen MR) is 92.3 cm³/mol. The molecule has 0 aliphatic carbocycles. The zero-order valence-electron chi connectivity index (χ0n) is 14.3. The van der Waals surface area contributed by atoms with Crippen LogP contribution in [0.2, 0.25) is 0 Å². The van der Waals surface area contributed by atoms with Gasteiger partial charge in [-0.3, -0.25) is 4.79 Å². The Kier molecular flexibility index (Phi) is 7.03. The molecule has 0 unspecified atom stereocenters. The largest absolute Gasteiger partial charge is 0.413 e. The molecule has 0 radical (unpaired) electrons. The summed E-state index contributed by atoms with van der Waals surface area (Å²) in [6, 6.07) is 3.76. The molecule has 0 aliphatic heterocycles. The van der Waals surface area contributed by atoms with E-state index >= 15 is 0 Å². The third-order valence-corrected chi connectivity index (χ3v) is 4.01. The van der Waals surface area contributed by atoms with Crippen LogP contribution in [0, 0.1) is 16.7 Å². The minimum atomic E-state index is -4.73. The van der Waals surface area contributed by atoms with E-state index in [9.17, 15) is 18.0 Å². The highest BCUT2D eigenvalue weighted by Crippen LogP contribution is 2.38. The molecule has 0 fully saturated rings. The van der Waals surface area contributed by atoms with E-state index in [1.54, 1.807) is 6.07 Å². The van der Waals surface area contributed by atoms with Crippen LogP contribution in [0.25, 0.3) is 0 Å². The topological polar surface area (TPSA) is 70.1 Å². The van der Waals surface area contributed by atoms with Crippen molar-refractivity contribution in [3.05, 3.63) is 34.3 Å². The van der Waals surface area contributed by atoms with Gasteiger partial charge in [0.05, 0.1) is 12.1 Å². The quantitative estimate of drug-likeness (QED) is 0.727. The van der Waals surface area contributed by atoms with Crippen molar-refractivity contribution in [2.24, 2.45) is 11.1 Å². The lowest BCUT2D eigenvalue weighted by Gasteiger charge is -2.34. The molecule has 1 amide bonds. The minimum Gasteiger partial charge on any atom is -0.320 e. The van der Waals surface area contributed by atoms with Crippen LogP contribution < -0.4 is 5.73 Å². The number of halogens is 4. The molecule has 0 aliphatic rings. The first kappa shape index (κ1) is 21.5. The van der Waals surface area contributed by atoms with Crippen LogP contribution >= 0.6 is 15.9 Å². The second-order valence-electron chi connectivity index (χ2n) is 6.99. The maximum absolute atomic E-state index is 13.7. The van der Waals surface area contributed by atoms with E-state index in [2.05, 4.69) is 15.9 Å². The second-order valence-corrected chi connectivity index (χ2v) is 7.91. The number of alkyl halides is 3. The molecular formula is C17H21BrF3N3O. The van der Waals surface area contributed by atoms with E-state index in [0.717, 1.165) is 0 Å². The lowest BCUT2D eigenvalue weighted by atomic mass is 9.87. The van der Waals surface area contributed by atoms with Crippen LogP contribution in [0.1, 0.15) is 38.8 Å². The number of amides is 1. The van der Waals surface area contributed by atoms with Crippen LogP contribution in [0.15, 0.2) is 28.7 Å². The van der Waals surface area contributed by atoms with Gasteiger partial charge in [0.25, 0.3) is 0 Å². The van der Waals surface area contributed by atoms with Crippen molar-refractivity contribution in [3.8, 4) is 6.07 Å². The molecule has 1 rings (SSSR count). The molecule has 0 aromatic heterocycles. The molecule has 4 nitrogen and oxygen atoms in total. The van der Waals surface area contributed by atoms with Crippen molar-refractivity contribution in [3.63, 3.8) is 0 Å². The van der Waals surface area contributed by atoms with Gasteiger partial charge in [-0.05, 0) is 29.5 Å². The van der Waals surface area contributed by atoms with E-state index in [4.69, 9.17) is 11.0 Å². The van der Waals surface area contributed by atoms with Gasteiger partial charge in [0, 0.05) is 4.47 Å². The summed E-state index contributed by atoms with van der Waals surface area (Å²) in [7, 11) is 0. The highest BCUT2D eigenvalue weighted by atomic mass is 79.9. The number of carbonyl (C=O) groups is 1. The average Bonchev–Trinajstić information content (AvgIpc) is 2.45. The van der Waals surface area contributed by atoms with Crippen LogP contribution in [-0.2, 0) is 4.79 Å². The molecule has 1 aromatic carbocycles. The van der Waals surface area contributed by atoms with Crippen molar-refractivity contribution in [2.75, 3.05) is 6.54 Å².